The van der Waals surface area contributed by atoms with Crippen LogP contribution in [-0.2, 0) is 38.2 Å². The van der Waals surface area contributed by atoms with Gasteiger partial charge in [0, 0.05) is 13.0 Å². The van der Waals surface area contributed by atoms with E-state index in [0.29, 0.717) is 55.8 Å². The van der Waals surface area contributed by atoms with Crippen LogP contribution in [0.5, 0.6) is 0 Å². The molecule has 1 heterocycles. The molecule has 17 unspecified atom stereocenters. The first kappa shape index (κ1) is 35.9. The van der Waals surface area contributed by atoms with Gasteiger partial charge in [-0.25, -0.2) is 0 Å². The molecule has 6 saturated carbocycles. The first-order chi connectivity index (χ1) is 23.7. The fourth-order valence-corrected chi connectivity index (χ4v) is 13.2. The molecule has 278 valence electrons. The zero-order valence-electron chi connectivity index (χ0n) is 30.5. The van der Waals surface area contributed by atoms with Crippen molar-refractivity contribution in [1.82, 2.24) is 0 Å². The Kier molecular flexibility index (Phi) is 9.68. The Bertz CT molecular complexity index is 1370. The minimum absolute atomic E-state index is 0.0335. The Morgan fingerprint density at radius 2 is 1.26 bits per heavy atom. The summed E-state index contributed by atoms with van der Waals surface area (Å²) in [4.78, 5) is 65.4. The maximum absolute atomic E-state index is 13.5. The van der Waals surface area contributed by atoms with E-state index >= 15 is 0 Å². The minimum Gasteiger partial charge on any atom is -0.481 e. The van der Waals surface area contributed by atoms with Gasteiger partial charge >= 0.3 is 29.8 Å². The van der Waals surface area contributed by atoms with Crippen LogP contribution in [0.2, 0.25) is 0 Å². The van der Waals surface area contributed by atoms with Gasteiger partial charge in [0.05, 0.1) is 36.2 Å². The molecule has 7 aliphatic rings. The summed E-state index contributed by atoms with van der Waals surface area (Å²) in [6, 6.07) is 0. The van der Waals surface area contributed by atoms with Crippen molar-refractivity contribution < 1.29 is 48.4 Å². The van der Waals surface area contributed by atoms with Crippen LogP contribution < -0.4 is 0 Å². The number of hydrogen-bond acceptors (Lipinski definition) is 9. The quantitative estimate of drug-likeness (QED) is 0.115. The van der Waals surface area contributed by atoms with E-state index in [1.54, 1.807) is 0 Å². The summed E-state index contributed by atoms with van der Waals surface area (Å²) in [5.41, 5.74) is -0.563. The second-order valence-corrected chi connectivity index (χ2v) is 18.7. The number of cyclic esters (lactones) is 2. The largest absolute Gasteiger partial charge is 0.481 e. The van der Waals surface area contributed by atoms with Crippen LogP contribution in [0.15, 0.2) is 0 Å². The third-order valence-corrected chi connectivity index (χ3v) is 15.3. The summed E-state index contributed by atoms with van der Waals surface area (Å²) in [7, 11) is 0. The number of carboxylic acids is 1. The zero-order chi connectivity index (χ0) is 35.8. The lowest BCUT2D eigenvalue weighted by Gasteiger charge is -2.41. The number of aliphatic carboxylic acids is 1. The van der Waals surface area contributed by atoms with Crippen molar-refractivity contribution >= 4 is 29.8 Å². The average Bonchev–Trinajstić information content (AvgIpc) is 3.90. The second-order valence-electron chi connectivity index (χ2n) is 18.7. The summed E-state index contributed by atoms with van der Waals surface area (Å²) < 4.78 is 16.8. The standard InChI is InChI=1S/C40H58O10/c1-18-20-9-27(32(10-20)39(47)50-40(3,4)5)25(18)16-33-34(38(46)49-37(33)45)17-26-22-12-28(31(14-22)36(44)48-8-6-7-41)29(26)15-23-19(2)24-11-21(23)13-30(24)35(42)43/h18-34,41H,6-17H2,1-5H3,(H,42,43). The van der Waals surface area contributed by atoms with Crippen LogP contribution in [0, 0.1) is 101 Å². The number of aliphatic hydroxyl groups excluding tert-OH is 1. The molecule has 0 aromatic carbocycles. The molecule has 50 heavy (non-hydrogen) atoms. The molecular weight excluding hydrogens is 640 g/mol. The highest BCUT2D eigenvalue weighted by Crippen LogP contribution is 2.64. The predicted molar refractivity (Wildman–Crippen MR) is 179 cm³/mol. The molecule has 7 rings (SSSR count). The summed E-state index contributed by atoms with van der Waals surface area (Å²) in [5.74, 6) is -0.708. The fourth-order valence-electron chi connectivity index (χ4n) is 13.2. The van der Waals surface area contributed by atoms with Crippen LogP contribution in [0.1, 0.15) is 98.8 Å². The van der Waals surface area contributed by atoms with E-state index < -0.39 is 35.3 Å². The Balaban J connectivity index is 1.09. The van der Waals surface area contributed by atoms with E-state index in [1.165, 1.54) is 0 Å². The molecule has 10 nitrogen and oxygen atoms in total. The average molecular weight is 699 g/mol. The Hall–Kier alpha value is -2.49. The van der Waals surface area contributed by atoms with Gasteiger partial charge in [0.25, 0.3) is 0 Å². The van der Waals surface area contributed by atoms with Crippen molar-refractivity contribution in [3.8, 4) is 0 Å². The molecule has 6 aliphatic carbocycles. The maximum atomic E-state index is 13.5. The molecule has 0 aromatic rings. The van der Waals surface area contributed by atoms with Crippen molar-refractivity contribution in [2.24, 2.45) is 101 Å². The van der Waals surface area contributed by atoms with E-state index in [2.05, 4.69) is 13.8 Å². The van der Waals surface area contributed by atoms with Gasteiger partial charge < -0.3 is 24.4 Å². The van der Waals surface area contributed by atoms with Crippen LogP contribution in [-0.4, -0.2) is 58.9 Å². The molecule has 0 aromatic heterocycles. The Morgan fingerprint density at radius 1 is 0.700 bits per heavy atom. The first-order valence-electron chi connectivity index (χ1n) is 19.6. The molecule has 0 spiro atoms. The van der Waals surface area contributed by atoms with Gasteiger partial charge in [0.15, 0.2) is 0 Å². The molecule has 0 radical (unpaired) electrons. The molecular formula is C40H58O10. The van der Waals surface area contributed by atoms with Crippen LogP contribution in [0.3, 0.4) is 0 Å². The van der Waals surface area contributed by atoms with Gasteiger partial charge in [-0.05, 0) is 150 Å². The van der Waals surface area contributed by atoms with E-state index in [9.17, 15) is 34.2 Å². The number of ether oxygens (including phenoxy) is 3. The van der Waals surface area contributed by atoms with E-state index in [-0.39, 0.29) is 90.2 Å². The fraction of sp³-hybridized carbons (Fsp3) is 0.875. The summed E-state index contributed by atoms with van der Waals surface area (Å²) in [6.07, 6.45) is 7.44. The highest BCUT2D eigenvalue weighted by atomic mass is 16.6. The number of esters is 4. The summed E-state index contributed by atoms with van der Waals surface area (Å²) in [5, 5.41) is 19.1. The van der Waals surface area contributed by atoms with E-state index in [0.717, 1.165) is 32.1 Å². The van der Waals surface area contributed by atoms with Crippen molar-refractivity contribution in [3.63, 3.8) is 0 Å². The number of carboxylic acid groups (broad SMARTS) is 1. The minimum atomic E-state index is -0.691. The van der Waals surface area contributed by atoms with E-state index in [4.69, 9.17) is 14.2 Å². The van der Waals surface area contributed by atoms with Gasteiger partial charge in [-0.3, -0.25) is 24.0 Å². The van der Waals surface area contributed by atoms with Crippen molar-refractivity contribution in [2.75, 3.05) is 13.2 Å². The third kappa shape index (κ3) is 6.31. The maximum Gasteiger partial charge on any atom is 0.317 e. The number of hydrogen-bond donors (Lipinski definition) is 2. The number of fused-ring (bicyclic) bond motifs is 6. The first-order valence-corrected chi connectivity index (χ1v) is 19.6. The lowest BCUT2D eigenvalue weighted by atomic mass is 9.63. The van der Waals surface area contributed by atoms with Gasteiger partial charge in [-0.1, -0.05) is 13.8 Å². The number of aliphatic hydroxyl groups is 1. The van der Waals surface area contributed by atoms with Gasteiger partial charge in [-0.2, -0.15) is 0 Å². The van der Waals surface area contributed by atoms with Crippen LogP contribution >= 0.6 is 0 Å². The summed E-state index contributed by atoms with van der Waals surface area (Å²) in [6.45, 7) is 10.3. The highest BCUT2D eigenvalue weighted by molar-refractivity contribution is 5.96. The predicted octanol–water partition coefficient (Wildman–Crippen LogP) is 5.53. The van der Waals surface area contributed by atoms with Crippen molar-refractivity contribution in [2.45, 2.75) is 104 Å². The van der Waals surface area contributed by atoms with Crippen molar-refractivity contribution in [3.05, 3.63) is 0 Å². The molecule has 2 N–H and O–H groups in total. The molecule has 7 fully saturated rings. The zero-order valence-corrected chi connectivity index (χ0v) is 30.5. The highest BCUT2D eigenvalue weighted by Gasteiger charge is 2.61. The van der Waals surface area contributed by atoms with Gasteiger partial charge in [0.1, 0.15) is 5.60 Å². The van der Waals surface area contributed by atoms with Gasteiger partial charge in [0.2, 0.25) is 0 Å². The normalized spacial score (nSPS) is 45.8. The summed E-state index contributed by atoms with van der Waals surface area (Å²) >= 11 is 0. The molecule has 1 aliphatic heterocycles. The molecule has 0 amide bonds. The van der Waals surface area contributed by atoms with Gasteiger partial charge in [-0.15, -0.1) is 0 Å². The van der Waals surface area contributed by atoms with E-state index in [1.807, 2.05) is 20.8 Å². The second kappa shape index (κ2) is 13.5. The third-order valence-electron chi connectivity index (χ3n) is 15.3. The lowest BCUT2D eigenvalue weighted by molar-refractivity contribution is -0.163. The molecule has 1 saturated heterocycles. The smallest absolute Gasteiger partial charge is 0.317 e. The lowest BCUT2D eigenvalue weighted by Crippen LogP contribution is -2.39. The number of rotatable bonds is 12. The Labute approximate surface area is 296 Å². The Morgan fingerprint density at radius 3 is 1.88 bits per heavy atom. The van der Waals surface area contributed by atoms with Crippen LogP contribution in [0.25, 0.3) is 0 Å². The number of carbonyl (C=O) groups is 5. The molecule has 17 atom stereocenters. The molecule has 6 bridgehead atoms. The number of carbonyl (C=O) groups excluding carboxylic acids is 4. The van der Waals surface area contributed by atoms with Crippen LogP contribution in [0.4, 0.5) is 0 Å². The van der Waals surface area contributed by atoms with Crippen molar-refractivity contribution in [1.29, 1.82) is 0 Å². The molecule has 10 heteroatoms. The monoisotopic (exact) mass is 698 g/mol. The SMILES string of the molecule is CC1C(CC2C(CC3C(=O)OC(=O)C3CC3C(C)C4CC(C(=O)OC(C)(C)C)C3C4)C3CC(C(=O)OCCCO)C2C3)C2CC(C(=O)O)C1C2. The topological polar surface area (TPSA) is 154 Å².